The highest BCUT2D eigenvalue weighted by atomic mass is 32.1. The number of ether oxygens (including phenoxy) is 1. The molecule has 0 radical (unpaired) electrons. The largest absolute Gasteiger partial charge is 0.381 e. The predicted molar refractivity (Wildman–Crippen MR) is 122 cm³/mol. The van der Waals surface area contributed by atoms with Crippen molar-refractivity contribution in [2.75, 3.05) is 19.8 Å². The molecule has 4 rings (SSSR count). The molecular formula is C25H28N2O2S. The number of benzene rings is 2. The van der Waals surface area contributed by atoms with Gasteiger partial charge in [-0.2, -0.15) is 0 Å². The number of thiazole rings is 1. The number of aryl methyl sites for hydroxylation is 1. The van der Waals surface area contributed by atoms with Crippen LogP contribution in [0.25, 0.3) is 10.6 Å². The van der Waals surface area contributed by atoms with E-state index in [4.69, 9.17) is 4.74 Å². The minimum atomic E-state index is -0.0522. The topological polar surface area (TPSA) is 51.2 Å². The monoisotopic (exact) mass is 420 g/mol. The van der Waals surface area contributed by atoms with E-state index in [1.807, 2.05) is 11.4 Å². The Kier molecular flexibility index (Phi) is 6.60. The molecule has 3 aromatic rings. The van der Waals surface area contributed by atoms with Crippen LogP contribution in [0, 0.1) is 0 Å². The zero-order valence-electron chi connectivity index (χ0n) is 17.4. The zero-order valence-corrected chi connectivity index (χ0v) is 18.2. The number of aromatic nitrogens is 1. The van der Waals surface area contributed by atoms with Gasteiger partial charge in [-0.1, -0.05) is 61.5 Å². The first kappa shape index (κ1) is 20.8. The van der Waals surface area contributed by atoms with Crippen molar-refractivity contribution < 1.29 is 9.53 Å². The minimum absolute atomic E-state index is 0.0231. The standard InChI is InChI=1S/C25H28N2O2S/c1-2-19-8-10-20(11-9-19)24-27-22(17-30-24)16-23(28)26-18-25(12-14-29-15-13-25)21-6-4-3-5-7-21/h3-11,17H,2,12-16,18H2,1H3,(H,26,28). The number of carbonyl (C=O) groups is 1. The summed E-state index contributed by atoms with van der Waals surface area (Å²) in [6, 6.07) is 19.0. The summed E-state index contributed by atoms with van der Waals surface area (Å²) < 4.78 is 5.59. The highest BCUT2D eigenvalue weighted by Gasteiger charge is 2.34. The molecule has 0 bridgehead atoms. The summed E-state index contributed by atoms with van der Waals surface area (Å²) >= 11 is 1.59. The lowest BCUT2D eigenvalue weighted by Gasteiger charge is -2.38. The summed E-state index contributed by atoms with van der Waals surface area (Å²) in [6.07, 6.45) is 3.18. The molecule has 1 saturated heterocycles. The van der Waals surface area contributed by atoms with Gasteiger partial charge in [0.2, 0.25) is 5.91 Å². The molecule has 2 aromatic carbocycles. The molecule has 1 aromatic heterocycles. The Bertz CT molecular complexity index is 960. The number of carbonyl (C=O) groups excluding carboxylic acids is 1. The maximum Gasteiger partial charge on any atom is 0.226 e. The smallest absolute Gasteiger partial charge is 0.226 e. The first-order valence-electron chi connectivity index (χ1n) is 10.6. The molecule has 1 N–H and O–H groups in total. The third-order valence-corrected chi connectivity index (χ3v) is 6.90. The van der Waals surface area contributed by atoms with Gasteiger partial charge in [0.25, 0.3) is 0 Å². The van der Waals surface area contributed by atoms with Gasteiger partial charge in [0.1, 0.15) is 5.01 Å². The van der Waals surface area contributed by atoms with E-state index in [9.17, 15) is 4.79 Å². The molecule has 0 aliphatic carbocycles. The van der Waals surface area contributed by atoms with Crippen LogP contribution in [0.15, 0.2) is 60.0 Å². The van der Waals surface area contributed by atoms with Crippen molar-refractivity contribution in [3.63, 3.8) is 0 Å². The molecule has 0 saturated carbocycles. The summed E-state index contributed by atoms with van der Waals surface area (Å²) in [7, 11) is 0. The first-order chi connectivity index (χ1) is 14.7. The van der Waals surface area contributed by atoms with E-state index >= 15 is 0 Å². The maximum absolute atomic E-state index is 12.7. The van der Waals surface area contributed by atoms with Crippen LogP contribution in [-0.4, -0.2) is 30.6 Å². The van der Waals surface area contributed by atoms with Gasteiger partial charge < -0.3 is 10.1 Å². The number of nitrogens with zero attached hydrogens (tertiary/aromatic N) is 1. The van der Waals surface area contributed by atoms with Gasteiger partial charge in [0, 0.05) is 36.1 Å². The lowest BCUT2D eigenvalue weighted by molar-refractivity contribution is -0.121. The van der Waals surface area contributed by atoms with Crippen molar-refractivity contribution in [1.82, 2.24) is 10.3 Å². The van der Waals surface area contributed by atoms with Gasteiger partial charge in [-0.3, -0.25) is 4.79 Å². The van der Waals surface area contributed by atoms with Gasteiger partial charge in [-0.05, 0) is 30.4 Å². The number of hydrogen-bond acceptors (Lipinski definition) is 4. The van der Waals surface area contributed by atoms with Crippen LogP contribution >= 0.6 is 11.3 Å². The van der Waals surface area contributed by atoms with E-state index in [-0.39, 0.29) is 11.3 Å². The number of amides is 1. The van der Waals surface area contributed by atoms with Crippen LogP contribution < -0.4 is 5.32 Å². The summed E-state index contributed by atoms with van der Waals surface area (Å²) in [5.41, 5.74) is 4.47. The summed E-state index contributed by atoms with van der Waals surface area (Å²) in [5.74, 6) is 0.0231. The first-order valence-corrected chi connectivity index (χ1v) is 11.5. The van der Waals surface area contributed by atoms with Crippen LogP contribution in [0.3, 0.4) is 0 Å². The van der Waals surface area contributed by atoms with Crippen LogP contribution in [0.2, 0.25) is 0 Å². The van der Waals surface area contributed by atoms with Crippen molar-refractivity contribution in [1.29, 1.82) is 0 Å². The molecular weight excluding hydrogens is 392 g/mol. The molecule has 2 heterocycles. The third-order valence-electron chi connectivity index (χ3n) is 5.96. The Morgan fingerprint density at radius 3 is 2.53 bits per heavy atom. The average molecular weight is 421 g/mol. The molecule has 1 amide bonds. The highest BCUT2D eigenvalue weighted by Crippen LogP contribution is 2.34. The van der Waals surface area contributed by atoms with Crippen molar-refractivity contribution in [2.45, 2.75) is 38.0 Å². The van der Waals surface area contributed by atoms with Gasteiger partial charge in [-0.25, -0.2) is 4.98 Å². The zero-order chi connectivity index (χ0) is 20.8. The highest BCUT2D eigenvalue weighted by molar-refractivity contribution is 7.13. The molecule has 5 heteroatoms. The molecule has 30 heavy (non-hydrogen) atoms. The minimum Gasteiger partial charge on any atom is -0.381 e. The van der Waals surface area contributed by atoms with Gasteiger partial charge in [0.05, 0.1) is 12.1 Å². The van der Waals surface area contributed by atoms with E-state index in [2.05, 4.69) is 65.8 Å². The fraction of sp³-hybridized carbons (Fsp3) is 0.360. The SMILES string of the molecule is CCc1ccc(-c2nc(CC(=O)NCC3(c4ccccc4)CCOCC3)cs2)cc1. The van der Waals surface area contributed by atoms with E-state index < -0.39 is 0 Å². The van der Waals surface area contributed by atoms with Crippen molar-refractivity contribution >= 4 is 17.2 Å². The van der Waals surface area contributed by atoms with Gasteiger partial charge in [-0.15, -0.1) is 11.3 Å². The summed E-state index contributed by atoms with van der Waals surface area (Å²) in [6.45, 7) is 4.25. The third kappa shape index (κ3) is 4.79. The Labute approximate surface area is 182 Å². The van der Waals surface area contributed by atoms with Crippen molar-refractivity contribution in [3.05, 3.63) is 76.8 Å². The maximum atomic E-state index is 12.7. The Morgan fingerprint density at radius 2 is 1.83 bits per heavy atom. The molecule has 0 spiro atoms. The quantitative estimate of drug-likeness (QED) is 0.598. The number of nitrogens with one attached hydrogen (secondary N) is 1. The Hall–Kier alpha value is -2.50. The second-order valence-electron chi connectivity index (χ2n) is 7.91. The normalized spacial score (nSPS) is 15.6. The second-order valence-corrected chi connectivity index (χ2v) is 8.76. The molecule has 156 valence electrons. The average Bonchev–Trinajstić information content (AvgIpc) is 3.27. The second kappa shape index (κ2) is 9.54. The van der Waals surface area contributed by atoms with Gasteiger partial charge in [0.15, 0.2) is 0 Å². The molecule has 1 fully saturated rings. The Balaban J connectivity index is 1.39. The van der Waals surface area contributed by atoms with Crippen LogP contribution in [0.4, 0.5) is 0 Å². The van der Waals surface area contributed by atoms with Crippen molar-refractivity contribution in [3.8, 4) is 10.6 Å². The van der Waals surface area contributed by atoms with E-state index in [1.165, 1.54) is 11.1 Å². The Morgan fingerprint density at radius 1 is 1.10 bits per heavy atom. The van der Waals surface area contributed by atoms with E-state index in [0.717, 1.165) is 48.7 Å². The summed E-state index contributed by atoms with van der Waals surface area (Å²) in [4.78, 5) is 17.4. The lowest BCUT2D eigenvalue weighted by atomic mass is 9.74. The fourth-order valence-corrected chi connectivity index (χ4v) is 4.85. The van der Waals surface area contributed by atoms with E-state index in [1.54, 1.807) is 11.3 Å². The van der Waals surface area contributed by atoms with E-state index in [0.29, 0.717) is 13.0 Å². The lowest BCUT2D eigenvalue weighted by Crippen LogP contribution is -2.45. The van der Waals surface area contributed by atoms with Crippen LogP contribution in [0.5, 0.6) is 0 Å². The van der Waals surface area contributed by atoms with Crippen molar-refractivity contribution in [2.24, 2.45) is 0 Å². The summed E-state index contributed by atoms with van der Waals surface area (Å²) in [5, 5.41) is 6.13. The predicted octanol–water partition coefficient (Wildman–Crippen LogP) is 4.78. The van der Waals surface area contributed by atoms with Crippen LogP contribution in [-0.2, 0) is 27.8 Å². The van der Waals surface area contributed by atoms with Crippen LogP contribution in [0.1, 0.15) is 36.6 Å². The van der Waals surface area contributed by atoms with Gasteiger partial charge >= 0.3 is 0 Å². The molecule has 1 aliphatic rings. The number of hydrogen-bond donors (Lipinski definition) is 1. The molecule has 0 atom stereocenters. The molecule has 4 nitrogen and oxygen atoms in total. The molecule has 0 unspecified atom stereocenters. The number of rotatable bonds is 7. The molecule has 1 aliphatic heterocycles. The fourth-order valence-electron chi connectivity index (χ4n) is 4.02.